The van der Waals surface area contributed by atoms with Crippen LogP contribution >= 0.6 is 0 Å². The van der Waals surface area contributed by atoms with Crippen LogP contribution in [0.15, 0.2) is 84.9 Å². The molecule has 0 spiro atoms. The van der Waals surface area contributed by atoms with E-state index in [-0.39, 0.29) is 6.03 Å². The van der Waals surface area contributed by atoms with Crippen LogP contribution in [0.4, 0.5) is 10.5 Å². The van der Waals surface area contributed by atoms with Crippen molar-refractivity contribution in [2.45, 2.75) is 6.17 Å². The largest absolute Gasteiger partial charge is 0.321 e. The maximum atomic E-state index is 12.5. The molecule has 0 saturated heterocycles. The highest BCUT2D eigenvalue weighted by molar-refractivity contribution is 5.89. The third-order valence-corrected chi connectivity index (χ3v) is 4.04. The summed E-state index contributed by atoms with van der Waals surface area (Å²) in [4.78, 5) is 12.5. The first-order valence-electron chi connectivity index (χ1n) is 8.29. The summed E-state index contributed by atoms with van der Waals surface area (Å²) in [5, 5.41) is 14.3. The number of urea groups is 1. The fraction of sp³-hybridized carbons (Fsp3) is 0.0500. The predicted octanol–water partition coefficient (Wildman–Crippen LogP) is 3.80. The molecule has 1 heterocycles. The molecule has 0 bridgehead atoms. The van der Waals surface area contributed by atoms with Crippen LogP contribution in [0, 0.1) is 0 Å². The van der Waals surface area contributed by atoms with Gasteiger partial charge < -0.3 is 10.6 Å². The van der Waals surface area contributed by atoms with Gasteiger partial charge in [0.15, 0.2) is 6.17 Å². The van der Waals surface area contributed by atoms with Gasteiger partial charge in [-0.1, -0.05) is 65.9 Å². The molecule has 3 aromatic carbocycles. The van der Waals surface area contributed by atoms with Gasteiger partial charge >= 0.3 is 6.03 Å². The van der Waals surface area contributed by atoms with Crippen LogP contribution in [0.3, 0.4) is 0 Å². The second-order valence-corrected chi connectivity index (χ2v) is 5.80. The summed E-state index contributed by atoms with van der Waals surface area (Å²) < 4.78 is 1.72. The van der Waals surface area contributed by atoms with Gasteiger partial charge in [0.2, 0.25) is 0 Å². The Morgan fingerprint density at radius 1 is 0.846 bits per heavy atom. The standard InChI is InChI=1S/C20H17N5O/c26-20(21-16-11-5-2-6-12-16)22-19(15-9-3-1-4-10-15)25-18-14-8-7-13-17(18)23-24-25/h1-14,19H,(H2,21,22,26). The number of carbonyl (C=O) groups is 1. The zero-order valence-electron chi connectivity index (χ0n) is 13.9. The zero-order chi connectivity index (χ0) is 17.8. The minimum atomic E-state index is -0.479. The van der Waals surface area contributed by atoms with Crippen LogP contribution in [0.1, 0.15) is 11.7 Å². The molecule has 0 saturated carbocycles. The average Bonchev–Trinajstić information content (AvgIpc) is 3.11. The molecule has 0 aliphatic rings. The van der Waals surface area contributed by atoms with Crippen molar-refractivity contribution in [1.29, 1.82) is 0 Å². The molecule has 128 valence electrons. The SMILES string of the molecule is O=C(Nc1ccccc1)NC(c1ccccc1)n1nnc2ccccc21. The molecular weight excluding hydrogens is 326 g/mol. The van der Waals surface area contributed by atoms with Crippen molar-refractivity contribution >= 4 is 22.8 Å². The first-order chi connectivity index (χ1) is 12.8. The molecule has 2 amide bonds. The van der Waals surface area contributed by atoms with Crippen molar-refractivity contribution in [3.05, 3.63) is 90.5 Å². The first kappa shape index (κ1) is 15.8. The Balaban J connectivity index is 1.67. The predicted molar refractivity (Wildman–Crippen MR) is 101 cm³/mol. The Labute approximate surface area is 150 Å². The van der Waals surface area contributed by atoms with Crippen molar-refractivity contribution in [3.63, 3.8) is 0 Å². The van der Waals surface area contributed by atoms with Gasteiger partial charge in [-0.25, -0.2) is 9.48 Å². The van der Waals surface area contributed by atoms with Gasteiger partial charge in [0.1, 0.15) is 5.52 Å². The van der Waals surface area contributed by atoms with E-state index in [1.807, 2.05) is 84.9 Å². The van der Waals surface area contributed by atoms with Crippen LogP contribution in [0.2, 0.25) is 0 Å². The Morgan fingerprint density at radius 3 is 2.27 bits per heavy atom. The van der Waals surface area contributed by atoms with Crippen LogP contribution < -0.4 is 10.6 Å². The summed E-state index contributed by atoms with van der Waals surface area (Å²) in [6.45, 7) is 0. The molecule has 0 aliphatic carbocycles. The van der Waals surface area contributed by atoms with E-state index in [4.69, 9.17) is 0 Å². The number of aromatic nitrogens is 3. The quantitative estimate of drug-likeness (QED) is 0.592. The smallest absolute Gasteiger partial charge is 0.312 e. The molecular formula is C20H17N5O. The normalized spacial score (nSPS) is 11.8. The number of hydrogen-bond donors (Lipinski definition) is 2. The zero-order valence-corrected chi connectivity index (χ0v) is 13.9. The lowest BCUT2D eigenvalue weighted by molar-refractivity contribution is 0.245. The van der Waals surface area contributed by atoms with Crippen LogP contribution in [-0.4, -0.2) is 21.0 Å². The molecule has 4 rings (SSSR count). The van der Waals surface area contributed by atoms with Gasteiger partial charge in [-0.3, -0.25) is 0 Å². The fourth-order valence-corrected chi connectivity index (χ4v) is 2.81. The minimum Gasteiger partial charge on any atom is -0.312 e. The summed E-state index contributed by atoms with van der Waals surface area (Å²) in [5.41, 5.74) is 3.26. The number of nitrogens with zero attached hydrogens (tertiary/aromatic N) is 3. The third-order valence-electron chi connectivity index (χ3n) is 4.04. The third kappa shape index (κ3) is 3.25. The van der Waals surface area contributed by atoms with Crippen molar-refractivity contribution < 1.29 is 4.79 Å². The number of para-hydroxylation sites is 2. The lowest BCUT2D eigenvalue weighted by atomic mass is 10.1. The van der Waals surface area contributed by atoms with E-state index in [0.29, 0.717) is 0 Å². The van der Waals surface area contributed by atoms with Gasteiger partial charge in [-0.05, 0) is 29.8 Å². The van der Waals surface area contributed by atoms with Crippen molar-refractivity contribution in [1.82, 2.24) is 20.3 Å². The number of rotatable bonds is 4. The molecule has 1 atom stereocenters. The Morgan fingerprint density at radius 2 is 1.50 bits per heavy atom. The number of fused-ring (bicyclic) bond motifs is 1. The van der Waals surface area contributed by atoms with Gasteiger partial charge in [0, 0.05) is 5.69 Å². The van der Waals surface area contributed by atoms with E-state index in [9.17, 15) is 4.79 Å². The molecule has 1 unspecified atom stereocenters. The van der Waals surface area contributed by atoms with Gasteiger partial charge in [0.25, 0.3) is 0 Å². The van der Waals surface area contributed by atoms with E-state index in [2.05, 4.69) is 20.9 Å². The summed E-state index contributed by atoms with van der Waals surface area (Å²) in [7, 11) is 0. The van der Waals surface area contributed by atoms with Crippen LogP contribution in [0.25, 0.3) is 11.0 Å². The van der Waals surface area contributed by atoms with E-state index >= 15 is 0 Å². The number of benzene rings is 3. The highest BCUT2D eigenvalue weighted by Gasteiger charge is 2.20. The topological polar surface area (TPSA) is 71.8 Å². The molecule has 26 heavy (non-hydrogen) atoms. The second kappa shape index (κ2) is 7.06. The number of carbonyl (C=O) groups excluding carboxylic acids is 1. The van der Waals surface area contributed by atoms with E-state index < -0.39 is 6.17 Å². The summed E-state index contributed by atoms with van der Waals surface area (Å²) in [5.74, 6) is 0. The second-order valence-electron chi connectivity index (χ2n) is 5.80. The van der Waals surface area contributed by atoms with Crippen molar-refractivity contribution in [3.8, 4) is 0 Å². The number of amides is 2. The number of hydrogen-bond acceptors (Lipinski definition) is 3. The summed E-state index contributed by atoms with van der Waals surface area (Å²) >= 11 is 0. The van der Waals surface area contributed by atoms with Crippen molar-refractivity contribution in [2.75, 3.05) is 5.32 Å². The fourth-order valence-electron chi connectivity index (χ4n) is 2.81. The molecule has 4 aromatic rings. The highest BCUT2D eigenvalue weighted by atomic mass is 16.2. The Kier molecular flexibility index (Phi) is 4.30. The maximum absolute atomic E-state index is 12.5. The van der Waals surface area contributed by atoms with Gasteiger partial charge in [-0.15, -0.1) is 5.10 Å². The molecule has 2 N–H and O–H groups in total. The van der Waals surface area contributed by atoms with Crippen molar-refractivity contribution in [2.24, 2.45) is 0 Å². The minimum absolute atomic E-state index is 0.315. The number of anilines is 1. The molecule has 6 nitrogen and oxygen atoms in total. The molecule has 6 heteroatoms. The van der Waals surface area contributed by atoms with E-state index in [0.717, 1.165) is 22.3 Å². The monoisotopic (exact) mass is 343 g/mol. The highest BCUT2D eigenvalue weighted by Crippen LogP contribution is 2.20. The lowest BCUT2D eigenvalue weighted by Gasteiger charge is -2.20. The maximum Gasteiger partial charge on any atom is 0.321 e. The molecule has 0 aliphatic heterocycles. The first-order valence-corrected chi connectivity index (χ1v) is 8.29. The molecule has 0 fully saturated rings. The lowest BCUT2D eigenvalue weighted by Crippen LogP contribution is -2.36. The van der Waals surface area contributed by atoms with Gasteiger partial charge in [-0.2, -0.15) is 0 Å². The summed E-state index contributed by atoms with van der Waals surface area (Å²) in [6.07, 6.45) is -0.479. The average molecular weight is 343 g/mol. The van der Waals surface area contributed by atoms with Crippen LogP contribution in [-0.2, 0) is 0 Å². The summed E-state index contributed by atoms with van der Waals surface area (Å²) in [6, 6.07) is 26.3. The Bertz CT molecular complexity index is 1010. The van der Waals surface area contributed by atoms with E-state index in [1.165, 1.54) is 0 Å². The Hall–Kier alpha value is -3.67. The van der Waals surface area contributed by atoms with E-state index in [1.54, 1.807) is 4.68 Å². The number of nitrogens with one attached hydrogen (secondary N) is 2. The van der Waals surface area contributed by atoms with Gasteiger partial charge in [0.05, 0.1) is 5.52 Å². The molecule has 0 radical (unpaired) electrons. The van der Waals surface area contributed by atoms with Crippen LogP contribution in [0.5, 0.6) is 0 Å². The molecule has 1 aromatic heterocycles.